The molecule has 0 aliphatic carbocycles. The lowest BCUT2D eigenvalue weighted by molar-refractivity contribution is 0.591. The fraction of sp³-hybridized carbons (Fsp3) is 0.600. The lowest BCUT2D eigenvalue weighted by atomic mass is 10.2. The second-order valence-electron chi connectivity index (χ2n) is 3.53. The smallest absolute Gasteiger partial charge is 0.0851 e. The molecule has 0 amide bonds. The highest BCUT2D eigenvalue weighted by molar-refractivity contribution is 9.10. The SMILES string of the molecule is CNCCc1cc(Br)n(C(C)C)c1. The molecule has 1 aromatic heterocycles. The predicted octanol–water partition coefficient (Wildman–Crippen LogP) is 2.59. The van der Waals surface area contributed by atoms with Crippen LogP contribution >= 0.6 is 15.9 Å². The first kappa shape index (κ1) is 10.8. The summed E-state index contributed by atoms with van der Waals surface area (Å²) in [6, 6.07) is 2.72. The van der Waals surface area contributed by atoms with Gasteiger partial charge in [0.1, 0.15) is 0 Å². The molecule has 3 heteroatoms. The fourth-order valence-electron chi connectivity index (χ4n) is 1.31. The van der Waals surface area contributed by atoms with Crippen molar-refractivity contribution < 1.29 is 0 Å². The highest BCUT2D eigenvalue weighted by atomic mass is 79.9. The topological polar surface area (TPSA) is 17.0 Å². The molecule has 0 aliphatic heterocycles. The molecular formula is C10H17BrN2. The Morgan fingerprint density at radius 1 is 1.54 bits per heavy atom. The summed E-state index contributed by atoms with van der Waals surface area (Å²) in [5.74, 6) is 0. The molecule has 0 spiro atoms. The number of rotatable bonds is 4. The van der Waals surface area contributed by atoms with Crippen LogP contribution < -0.4 is 5.32 Å². The summed E-state index contributed by atoms with van der Waals surface area (Å²) in [5.41, 5.74) is 1.38. The van der Waals surface area contributed by atoms with Crippen LogP contribution in [0.15, 0.2) is 16.9 Å². The fourth-order valence-corrected chi connectivity index (χ4v) is 2.11. The lowest BCUT2D eigenvalue weighted by Gasteiger charge is -2.07. The Kier molecular flexibility index (Phi) is 4.00. The van der Waals surface area contributed by atoms with E-state index in [1.807, 2.05) is 7.05 Å². The van der Waals surface area contributed by atoms with Crippen LogP contribution in [-0.2, 0) is 6.42 Å². The summed E-state index contributed by atoms with van der Waals surface area (Å²) < 4.78 is 3.42. The predicted molar refractivity (Wildman–Crippen MR) is 60.1 cm³/mol. The molecule has 2 nitrogen and oxygen atoms in total. The number of likely N-dealkylation sites (N-methyl/N-ethyl adjacent to an activating group) is 1. The van der Waals surface area contributed by atoms with E-state index in [1.54, 1.807) is 0 Å². The van der Waals surface area contributed by atoms with Crippen molar-refractivity contribution in [3.8, 4) is 0 Å². The molecule has 0 fully saturated rings. The van der Waals surface area contributed by atoms with Crippen molar-refractivity contribution in [2.45, 2.75) is 26.3 Å². The van der Waals surface area contributed by atoms with Gasteiger partial charge in [-0.25, -0.2) is 0 Å². The summed E-state index contributed by atoms with van der Waals surface area (Å²) >= 11 is 3.55. The maximum Gasteiger partial charge on any atom is 0.0851 e. The van der Waals surface area contributed by atoms with Crippen LogP contribution in [0.3, 0.4) is 0 Å². The number of halogens is 1. The summed E-state index contributed by atoms with van der Waals surface area (Å²) in [5, 5.41) is 3.15. The van der Waals surface area contributed by atoms with Gasteiger partial charge in [-0.1, -0.05) is 0 Å². The number of nitrogens with zero attached hydrogens (tertiary/aromatic N) is 1. The van der Waals surface area contributed by atoms with Crippen LogP contribution in [0.25, 0.3) is 0 Å². The highest BCUT2D eigenvalue weighted by Crippen LogP contribution is 2.20. The maximum absolute atomic E-state index is 3.55. The van der Waals surface area contributed by atoms with Crippen molar-refractivity contribution in [1.82, 2.24) is 9.88 Å². The van der Waals surface area contributed by atoms with E-state index in [4.69, 9.17) is 0 Å². The minimum absolute atomic E-state index is 0.526. The van der Waals surface area contributed by atoms with Gasteiger partial charge in [-0.15, -0.1) is 0 Å². The third-order valence-electron chi connectivity index (χ3n) is 2.08. The first-order chi connectivity index (χ1) is 6.15. The first-order valence-electron chi connectivity index (χ1n) is 4.66. The zero-order chi connectivity index (χ0) is 9.84. The molecule has 0 saturated carbocycles. The molecule has 74 valence electrons. The Bertz CT molecular complexity index is 266. The third-order valence-corrected chi connectivity index (χ3v) is 2.71. The van der Waals surface area contributed by atoms with Crippen LogP contribution in [-0.4, -0.2) is 18.2 Å². The highest BCUT2D eigenvalue weighted by Gasteiger charge is 2.05. The second kappa shape index (κ2) is 4.82. The monoisotopic (exact) mass is 244 g/mol. The third kappa shape index (κ3) is 2.85. The summed E-state index contributed by atoms with van der Waals surface area (Å²) in [6.45, 7) is 5.41. The number of nitrogens with one attached hydrogen (secondary N) is 1. The molecule has 1 rings (SSSR count). The Labute approximate surface area is 88.5 Å². The van der Waals surface area contributed by atoms with Gasteiger partial charge in [0.25, 0.3) is 0 Å². The van der Waals surface area contributed by atoms with Gasteiger partial charge >= 0.3 is 0 Å². The molecule has 1 N–H and O–H groups in total. The van der Waals surface area contributed by atoms with E-state index in [9.17, 15) is 0 Å². The minimum atomic E-state index is 0.526. The summed E-state index contributed by atoms with van der Waals surface area (Å²) in [6.07, 6.45) is 3.31. The van der Waals surface area contributed by atoms with Gasteiger partial charge in [0.15, 0.2) is 0 Å². The van der Waals surface area contributed by atoms with Gasteiger partial charge in [-0.2, -0.15) is 0 Å². The quantitative estimate of drug-likeness (QED) is 0.862. The van der Waals surface area contributed by atoms with Gasteiger partial charge in [0, 0.05) is 12.2 Å². The van der Waals surface area contributed by atoms with E-state index in [-0.39, 0.29) is 0 Å². The lowest BCUT2D eigenvalue weighted by Crippen LogP contribution is -2.09. The molecule has 0 bridgehead atoms. The molecule has 0 radical (unpaired) electrons. The van der Waals surface area contributed by atoms with E-state index in [0.29, 0.717) is 6.04 Å². The van der Waals surface area contributed by atoms with E-state index in [2.05, 4.69) is 51.9 Å². The van der Waals surface area contributed by atoms with Crippen molar-refractivity contribution in [3.05, 3.63) is 22.4 Å². The number of hydrogen-bond acceptors (Lipinski definition) is 1. The average Bonchev–Trinajstić information content (AvgIpc) is 2.43. The van der Waals surface area contributed by atoms with Gasteiger partial charge in [-0.05, 0) is 61.4 Å². The normalized spacial score (nSPS) is 11.2. The van der Waals surface area contributed by atoms with Crippen LogP contribution in [0.2, 0.25) is 0 Å². The second-order valence-corrected chi connectivity index (χ2v) is 4.34. The van der Waals surface area contributed by atoms with Crippen LogP contribution in [0.4, 0.5) is 0 Å². The van der Waals surface area contributed by atoms with Crippen LogP contribution in [0, 0.1) is 0 Å². The average molecular weight is 245 g/mol. The van der Waals surface area contributed by atoms with Crippen LogP contribution in [0.5, 0.6) is 0 Å². The molecule has 13 heavy (non-hydrogen) atoms. The Morgan fingerprint density at radius 2 is 2.23 bits per heavy atom. The van der Waals surface area contributed by atoms with Crippen molar-refractivity contribution in [3.63, 3.8) is 0 Å². The Balaban J connectivity index is 2.71. The maximum atomic E-state index is 3.55. The molecule has 0 saturated heterocycles. The molecule has 1 aromatic rings. The van der Waals surface area contributed by atoms with Crippen molar-refractivity contribution >= 4 is 15.9 Å². The molecule has 0 aromatic carbocycles. The van der Waals surface area contributed by atoms with Crippen molar-refractivity contribution in [2.24, 2.45) is 0 Å². The van der Waals surface area contributed by atoms with E-state index < -0.39 is 0 Å². The largest absolute Gasteiger partial charge is 0.340 e. The van der Waals surface area contributed by atoms with E-state index >= 15 is 0 Å². The van der Waals surface area contributed by atoms with Gasteiger partial charge < -0.3 is 9.88 Å². The molecule has 0 atom stereocenters. The van der Waals surface area contributed by atoms with Gasteiger partial charge in [0.05, 0.1) is 4.60 Å². The van der Waals surface area contributed by atoms with Gasteiger partial charge in [-0.3, -0.25) is 0 Å². The Morgan fingerprint density at radius 3 is 2.69 bits per heavy atom. The molecule has 0 unspecified atom stereocenters. The molecule has 0 aliphatic rings. The van der Waals surface area contributed by atoms with Crippen LogP contribution in [0.1, 0.15) is 25.5 Å². The molecular weight excluding hydrogens is 228 g/mol. The van der Waals surface area contributed by atoms with Crippen molar-refractivity contribution in [2.75, 3.05) is 13.6 Å². The number of aromatic nitrogens is 1. The van der Waals surface area contributed by atoms with Crippen molar-refractivity contribution in [1.29, 1.82) is 0 Å². The standard InChI is InChI=1S/C10H17BrN2/c1-8(2)13-7-9(4-5-12-3)6-10(13)11/h6-8,12H,4-5H2,1-3H3. The van der Waals surface area contributed by atoms with E-state index in [1.165, 1.54) is 10.2 Å². The Hall–Kier alpha value is -0.280. The first-order valence-corrected chi connectivity index (χ1v) is 5.45. The minimum Gasteiger partial charge on any atom is -0.340 e. The van der Waals surface area contributed by atoms with E-state index in [0.717, 1.165) is 13.0 Å². The molecule has 1 heterocycles. The number of hydrogen-bond donors (Lipinski definition) is 1. The zero-order valence-electron chi connectivity index (χ0n) is 8.47. The summed E-state index contributed by atoms with van der Waals surface area (Å²) in [7, 11) is 1.98. The van der Waals surface area contributed by atoms with Gasteiger partial charge in [0.2, 0.25) is 0 Å². The zero-order valence-corrected chi connectivity index (χ0v) is 10.1. The summed E-state index contributed by atoms with van der Waals surface area (Å²) in [4.78, 5) is 0.